The van der Waals surface area contributed by atoms with Gasteiger partial charge in [-0.3, -0.25) is 14.5 Å². The topological polar surface area (TPSA) is 82.6 Å². The number of nitrogens with one attached hydrogen (secondary N) is 1. The second-order valence-electron chi connectivity index (χ2n) is 9.19. The molecule has 6 heteroatoms. The van der Waals surface area contributed by atoms with Crippen molar-refractivity contribution in [1.29, 1.82) is 0 Å². The molecule has 3 aromatic carbocycles. The molecule has 36 heavy (non-hydrogen) atoms. The third kappa shape index (κ3) is 3.85. The molecule has 1 fully saturated rings. The number of amides is 1. The fourth-order valence-corrected chi connectivity index (χ4v) is 5.17. The monoisotopic (exact) mass is 480 g/mol. The molecule has 1 unspecified atom stereocenters. The molecule has 6 nitrogen and oxygen atoms in total. The smallest absolute Gasteiger partial charge is 0.300 e. The van der Waals surface area contributed by atoms with Crippen LogP contribution in [0.15, 0.2) is 72.3 Å². The van der Waals surface area contributed by atoms with Gasteiger partial charge in [0.2, 0.25) is 0 Å². The molecule has 0 aliphatic carbocycles. The molecule has 1 amide bonds. The van der Waals surface area contributed by atoms with Crippen molar-refractivity contribution in [3.05, 3.63) is 100 Å². The van der Waals surface area contributed by atoms with E-state index in [0.717, 1.165) is 33.3 Å². The first-order chi connectivity index (χ1) is 17.3. The normalized spacial score (nSPS) is 17.2. The maximum absolute atomic E-state index is 13.6. The van der Waals surface area contributed by atoms with Crippen molar-refractivity contribution in [2.45, 2.75) is 33.7 Å². The van der Waals surface area contributed by atoms with E-state index < -0.39 is 17.7 Å². The Kier molecular flexibility index (Phi) is 5.88. The Labute approximate surface area is 209 Å². The lowest BCUT2D eigenvalue weighted by molar-refractivity contribution is -0.132. The highest BCUT2D eigenvalue weighted by molar-refractivity contribution is 6.52. The summed E-state index contributed by atoms with van der Waals surface area (Å²) in [5.41, 5.74) is 5.55. The Balaban J connectivity index is 1.80. The lowest BCUT2D eigenvalue weighted by Crippen LogP contribution is -2.29. The standard InChI is InChI=1S/C30H28N2O4/c1-5-36-22-10-8-9-20(16-22)28(33)26-27(25-19(4)31-24-12-7-6-11-23(24)25)32(30(35)29(26)34)21-14-17(2)13-18(3)15-21/h6-16,27,31,33H,5H2,1-4H3/b28-26+. The van der Waals surface area contributed by atoms with E-state index in [9.17, 15) is 14.7 Å². The number of aliphatic hydroxyl groups is 1. The highest BCUT2D eigenvalue weighted by atomic mass is 16.5. The molecule has 1 aliphatic heterocycles. The minimum Gasteiger partial charge on any atom is -0.507 e. The zero-order valence-corrected chi connectivity index (χ0v) is 20.8. The number of aromatic amines is 1. The molecule has 0 bridgehead atoms. The first kappa shape index (κ1) is 23.4. The Morgan fingerprint density at radius 2 is 1.69 bits per heavy atom. The number of para-hydroxylation sites is 1. The van der Waals surface area contributed by atoms with E-state index in [-0.39, 0.29) is 11.3 Å². The van der Waals surface area contributed by atoms with Crippen LogP contribution in [-0.2, 0) is 9.59 Å². The van der Waals surface area contributed by atoms with Gasteiger partial charge in [-0.15, -0.1) is 0 Å². The Bertz CT molecular complexity index is 1530. The van der Waals surface area contributed by atoms with Crippen LogP contribution < -0.4 is 9.64 Å². The van der Waals surface area contributed by atoms with Gasteiger partial charge in [-0.1, -0.05) is 36.4 Å². The number of nitrogens with zero attached hydrogens (tertiary/aromatic N) is 1. The second-order valence-corrected chi connectivity index (χ2v) is 9.19. The summed E-state index contributed by atoms with van der Waals surface area (Å²) in [6.07, 6.45) is 0. The molecule has 5 rings (SSSR count). The van der Waals surface area contributed by atoms with Crippen molar-refractivity contribution in [3.8, 4) is 5.75 Å². The van der Waals surface area contributed by atoms with Crippen LogP contribution in [0.2, 0.25) is 0 Å². The molecule has 0 radical (unpaired) electrons. The van der Waals surface area contributed by atoms with Crippen LogP contribution in [0, 0.1) is 20.8 Å². The third-order valence-corrected chi connectivity index (χ3v) is 6.56. The average Bonchev–Trinajstić information content (AvgIpc) is 3.30. The van der Waals surface area contributed by atoms with Gasteiger partial charge < -0.3 is 14.8 Å². The minimum absolute atomic E-state index is 0.0562. The number of hydrogen-bond acceptors (Lipinski definition) is 4. The van der Waals surface area contributed by atoms with Gasteiger partial charge in [0.05, 0.1) is 18.2 Å². The van der Waals surface area contributed by atoms with E-state index in [0.29, 0.717) is 23.6 Å². The predicted octanol–water partition coefficient (Wildman–Crippen LogP) is 6.12. The number of anilines is 1. The highest BCUT2D eigenvalue weighted by Gasteiger charge is 2.48. The van der Waals surface area contributed by atoms with Crippen molar-refractivity contribution in [3.63, 3.8) is 0 Å². The summed E-state index contributed by atoms with van der Waals surface area (Å²) in [4.78, 5) is 32.1. The fourth-order valence-electron chi connectivity index (χ4n) is 5.17. The summed E-state index contributed by atoms with van der Waals surface area (Å²) in [5, 5.41) is 12.4. The SMILES string of the molecule is CCOc1cccc(/C(O)=C2\C(=O)C(=O)N(c3cc(C)cc(C)c3)C2c2c(C)[nH]c3ccccc23)c1. The van der Waals surface area contributed by atoms with Crippen LogP contribution in [-0.4, -0.2) is 28.4 Å². The van der Waals surface area contributed by atoms with Crippen LogP contribution in [0.25, 0.3) is 16.7 Å². The number of aryl methyl sites for hydroxylation is 3. The molecule has 1 aliphatic rings. The second kappa shape index (κ2) is 9.04. The van der Waals surface area contributed by atoms with Crippen molar-refractivity contribution >= 4 is 34.0 Å². The van der Waals surface area contributed by atoms with E-state index in [1.165, 1.54) is 4.90 Å². The number of rotatable bonds is 5. The van der Waals surface area contributed by atoms with Crippen LogP contribution in [0.1, 0.15) is 40.9 Å². The van der Waals surface area contributed by atoms with E-state index in [1.807, 2.05) is 70.2 Å². The van der Waals surface area contributed by atoms with Crippen LogP contribution in [0.3, 0.4) is 0 Å². The van der Waals surface area contributed by atoms with Gasteiger partial charge in [0.25, 0.3) is 11.7 Å². The lowest BCUT2D eigenvalue weighted by atomic mass is 9.93. The van der Waals surface area contributed by atoms with E-state index in [4.69, 9.17) is 4.74 Å². The molecule has 1 saturated heterocycles. The molecule has 1 atom stereocenters. The molecule has 2 heterocycles. The van der Waals surface area contributed by atoms with Crippen LogP contribution in [0.4, 0.5) is 5.69 Å². The summed E-state index contributed by atoms with van der Waals surface area (Å²) < 4.78 is 5.60. The number of H-pyrrole nitrogens is 1. The summed E-state index contributed by atoms with van der Waals surface area (Å²) >= 11 is 0. The number of carbonyl (C=O) groups excluding carboxylic acids is 2. The van der Waals surface area contributed by atoms with E-state index in [1.54, 1.807) is 24.3 Å². The molecule has 1 aromatic heterocycles. The number of hydrogen-bond donors (Lipinski definition) is 2. The summed E-state index contributed by atoms with van der Waals surface area (Å²) in [7, 11) is 0. The minimum atomic E-state index is -0.807. The number of carbonyl (C=O) groups is 2. The lowest BCUT2D eigenvalue weighted by Gasteiger charge is -2.26. The third-order valence-electron chi connectivity index (χ3n) is 6.56. The van der Waals surface area contributed by atoms with Gasteiger partial charge in [0.1, 0.15) is 11.5 Å². The largest absolute Gasteiger partial charge is 0.507 e. The maximum Gasteiger partial charge on any atom is 0.300 e. The highest BCUT2D eigenvalue weighted by Crippen LogP contribution is 2.46. The van der Waals surface area contributed by atoms with Gasteiger partial charge in [-0.25, -0.2) is 0 Å². The van der Waals surface area contributed by atoms with Crippen molar-refractivity contribution in [1.82, 2.24) is 4.98 Å². The van der Waals surface area contributed by atoms with Gasteiger partial charge in [-0.2, -0.15) is 0 Å². The molecular weight excluding hydrogens is 452 g/mol. The fraction of sp³-hybridized carbons (Fsp3) is 0.200. The molecular formula is C30H28N2O4. The number of benzene rings is 3. The predicted molar refractivity (Wildman–Crippen MR) is 141 cm³/mol. The maximum atomic E-state index is 13.6. The number of aromatic nitrogens is 1. The van der Waals surface area contributed by atoms with Crippen molar-refractivity contribution < 1.29 is 19.4 Å². The zero-order chi connectivity index (χ0) is 25.6. The number of Topliss-reactive ketones (excluding diaryl/α,β-unsaturated/α-hetero) is 1. The first-order valence-electron chi connectivity index (χ1n) is 12.0. The summed E-state index contributed by atoms with van der Waals surface area (Å²) in [6, 6.07) is 19.7. The number of ketones is 1. The van der Waals surface area contributed by atoms with E-state index in [2.05, 4.69) is 4.98 Å². The van der Waals surface area contributed by atoms with Crippen molar-refractivity contribution in [2.75, 3.05) is 11.5 Å². The van der Waals surface area contributed by atoms with Crippen molar-refractivity contribution in [2.24, 2.45) is 0 Å². The number of fused-ring (bicyclic) bond motifs is 1. The van der Waals surface area contributed by atoms with Gasteiger partial charge in [-0.05, 0) is 69.2 Å². The average molecular weight is 481 g/mol. The number of aliphatic hydroxyl groups excluding tert-OH is 1. The number of ether oxygens (including phenoxy) is 1. The van der Waals surface area contributed by atoms with Crippen LogP contribution in [0.5, 0.6) is 5.75 Å². The Morgan fingerprint density at radius 1 is 0.972 bits per heavy atom. The Morgan fingerprint density at radius 3 is 2.42 bits per heavy atom. The summed E-state index contributed by atoms with van der Waals surface area (Å²) in [6.45, 7) is 8.18. The Hall–Kier alpha value is -4.32. The molecule has 182 valence electrons. The molecule has 0 saturated carbocycles. The van der Waals surface area contributed by atoms with Crippen LogP contribution >= 0.6 is 0 Å². The van der Waals surface area contributed by atoms with Gasteiger partial charge >= 0.3 is 0 Å². The zero-order valence-electron chi connectivity index (χ0n) is 20.8. The molecule has 0 spiro atoms. The van der Waals surface area contributed by atoms with E-state index >= 15 is 0 Å². The summed E-state index contributed by atoms with van der Waals surface area (Å²) in [5.74, 6) is -1.04. The quantitative estimate of drug-likeness (QED) is 0.205. The molecule has 2 N–H and O–H groups in total. The molecule has 4 aromatic rings. The van der Waals surface area contributed by atoms with Gasteiger partial charge in [0, 0.05) is 33.4 Å². The first-order valence-corrected chi connectivity index (χ1v) is 12.0. The van der Waals surface area contributed by atoms with Gasteiger partial charge in [0.15, 0.2) is 0 Å².